The molecule has 2 fully saturated rings. The molecule has 1 heterocycles. The van der Waals surface area contributed by atoms with Crippen LogP contribution in [-0.2, 0) is 14.3 Å². The van der Waals surface area contributed by atoms with Crippen molar-refractivity contribution in [2.75, 3.05) is 6.61 Å². The fourth-order valence-corrected chi connectivity index (χ4v) is 4.08. The van der Waals surface area contributed by atoms with Crippen molar-refractivity contribution in [2.24, 2.45) is 11.8 Å². The number of rotatable bonds is 11. The van der Waals surface area contributed by atoms with Crippen molar-refractivity contribution < 1.29 is 24.5 Å². The Kier molecular flexibility index (Phi) is 9.35. The highest BCUT2D eigenvalue weighted by atomic mass is 16.5. The zero-order valence-electron chi connectivity index (χ0n) is 16.8. The summed E-state index contributed by atoms with van der Waals surface area (Å²) in [6, 6.07) is 0. The Morgan fingerprint density at radius 1 is 1.33 bits per heavy atom. The molecule has 0 spiro atoms. The SMILES string of the molecule is CCCCC[C@H](O)/C=C/[C@@H]1[C@H]2C/C(=C/CCCC(=O)OCC)O[C@H]2C[C@H]1O. The summed E-state index contributed by atoms with van der Waals surface area (Å²) in [4.78, 5) is 11.4. The van der Waals surface area contributed by atoms with Crippen LogP contribution in [0.1, 0.15) is 71.6 Å². The Morgan fingerprint density at radius 3 is 2.89 bits per heavy atom. The Bertz CT molecular complexity index is 513. The first-order valence-corrected chi connectivity index (χ1v) is 10.6. The molecule has 0 aromatic rings. The molecular formula is C22H36O5. The predicted octanol–water partition coefficient (Wildman–Crippen LogP) is 3.89. The molecule has 5 nitrogen and oxygen atoms in total. The van der Waals surface area contributed by atoms with Gasteiger partial charge in [-0.3, -0.25) is 4.79 Å². The fourth-order valence-electron chi connectivity index (χ4n) is 4.08. The molecule has 1 aliphatic heterocycles. The smallest absolute Gasteiger partial charge is 0.305 e. The van der Waals surface area contributed by atoms with Crippen molar-refractivity contribution in [1.29, 1.82) is 0 Å². The van der Waals surface area contributed by atoms with Crippen LogP contribution in [0.25, 0.3) is 0 Å². The van der Waals surface area contributed by atoms with E-state index in [0.717, 1.165) is 50.7 Å². The number of carbonyl (C=O) groups excluding carboxylic acids is 1. The summed E-state index contributed by atoms with van der Waals surface area (Å²) >= 11 is 0. The highest BCUT2D eigenvalue weighted by Gasteiger charge is 2.46. The number of hydrogen-bond donors (Lipinski definition) is 2. The minimum atomic E-state index is -0.428. The van der Waals surface area contributed by atoms with Crippen molar-refractivity contribution >= 4 is 5.97 Å². The number of allylic oxidation sites excluding steroid dienone is 2. The van der Waals surface area contributed by atoms with Crippen LogP contribution in [0, 0.1) is 11.8 Å². The second kappa shape index (κ2) is 11.5. The molecule has 0 aromatic heterocycles. The van der Waals surface area contributed by atoms with Crippen LogP contribution in [0.2, 0.25) is 0 Å². The molecular weight excluding hydrogens is 344 g/mol. The first-order chi connectivity index (χ1) is 13.0. The molecule has 0 radical (unpaired) electrons. The van der Waals surface area contributed by atoms with Crippen molar-refractivity contribution in [3.8, 4) is 0 Å². The van der Waals surface area contributed by atoms with Crippen molar-refractivity contribution in [3.63, 3.8) is 0 Å². The minimum absolute atomic E-state index is 0.0428. The maximum Gasteiger partial charge on any atom is 0.305 e. The lowest BCUT2D eigenvalue weighted by atomic mass is 9.90. The second-order valence-electron chi connectivity index (χ2n) is 7.72. The molecule has 0 aromatic carbocycles. The van der Waals surface area contributed by atoms with Crippen molar-refractivity contribution in [1.82, 2.24) is 0 Å². The molecule has 154 valence electrons. The Hall–Kier alpha value is -1.33. The zero-order chi connectivity index (χ0) is 19.6. The summed E-state index contributed by atoms with van der Waals surface area (Å²) in [6.07, 6.45) is 12.7. The van der Waals surface area contributed by atoms with E-state index in [1.165, 1.54) is 0 Å². The zero-order valence-corrected chi connectivity index (χ0v) is 16.8. The number of hydrogen-bond acceptors (Lipinski definition) is 5. The highest BCUT2D eigenvalue weighted by Crippen LogP contribution is 2.45. The Labute approximate surface area is 163 Å². The van der Waals surface area contributed by atoms with Gasteiger partial charge >= 0.3 is 5.97 Å². The van der Waals surface area contributed by atoms with Gasteiger partial charge in [0.25, 0.3) is 0 Å². The Morgan fingerprint density at radius 2 is 2.15 bits per heavy atom. The van der Waals surface area contributed by atoms with Crippen LogP contribution in [0.5, 0.6) is 0 Å². The number of unbranched alkanes of at least 4 members (excludes halogenated alkanes) is 3. The molecule has 1 saturated heterocycles. The number of aliphatic hydroxyl groups excluding tert-OH is 2. The molecule has 0 amide bonds. The van der Waals surface area contributed by atoms with Gasteiger partial charge in [0.2, 0.25) is 0 Å². The normalized spacial score (nSPS) is 29.9. The largest absolute Gasteiger partial charge is 0.495 e. The van der Waals surface area contributed by atoms with E-state index in [0.29, 0.717) is 19.4 Å². The first-order valence-electron chi connectivity index (χ1n) is 10.6. The van der Waals surface area contributed by atoms with Crippen LogP contribution in [0.4, 0.5) is 0 Å². The number of ether oxygens (including phenoxy) is 2. The van der Waals surface area contributed by atoms with Crippen LogP contribution in [0.15, 0.2) is 24.0 Å². The quantitative estimate of drug-likeness (QED) is 0.323. The molecule has 27 heavy (non-hydrogen) atoms. The van der Waals surface area contributed by atoms with Gasteiger partial charge in [-0.05, 0) is 32.3 Å². The molecule has 2 N–H and O–H groups in total. The molecule has 2 aliphatic rings. The summed E-state index contributed by atoms with van der Waals surface area (Å²) in [5, 5.41) is 20.4. The average molecular weight is 381 g/mol. The van der Waals surface area contributed by atoms with Gasteiger partial charge in [0.1, 0.15) is 6.10 Å². The van der Waals surface area contributed by atoms with E-state index in [9.17, 15) is 15.0 Å². The summed E-state index contributed by atoms with van der Waals surface area (Å²) in [5.41, 5.74) is 0. The number of fused-ring (bicyclic) bond motifs is 1. The molecule has 1 saturated carbocycles. The number of carbonyl (C=O) groups is 1. The lowest BCUT2D eigenvalue weighted by Gasteiger charge is -2.16. The summed E-state index contributed by atoms with van der Waals surface area (Å²) in [5.74, 6) is 1.14. The molecule has 5 heteroatoms. The van der Waals surface area contributed by atoms with Gasteiger partial charge in [0.15, 0.2) is 0 Å². The van der Waals surface area contributed by atoms with E-state index in [2.05, 4.69) is 13.0 Å². The molecule has 2 rings (SSSR count). The lowest BCUT2D eigenvalue weighted by Crippen LogP contribution is -2.18. The molecule has 0 bridgehead atoms. The third-order valence-electron chi connectivity index (χ3n) is 5.55. The molecule has 5 atom stereocenters. The van der Waals surface area contributed by atoms with Crippen LogP contribution in [-0.4, -0.2) is 41.1 Å². The molecule has 0 unspecified atom stereocenters. The van der Waals surface area contributed by atoms with E-state index < -0.39 is 12.2 Å². The third-order valence-corrected chi connectivity index (χ3v) is 5.55. The van der Waals surface area contributed by atoms with Crippen molar-refractivity contribution in [2.45, 2.75) is 89.9 Å². The van der Waals surface area contributed by atoms with Crippen molar-refractivity contribution in [3.05, 3.63) is 24.0 Å². The van der Waals surface area contributed by atoms with E-state index in [1.54, 1.807) is 0 Å². The van der Waals surface area contributed by atoms with Gasteiger partial charge < -0.3 is 19.7 Å². The van der Waals surface area contributed by atoms with Gasteiger partial charge in [-0.25, -0.2) is 0 Å². The van der Waals surface area contributed by atoms with Crippen LogP contribution < -0.4 is 0 Å². The standard InChI is InChI=1S/C22H36O5/c1-3-5-6-9-16(23)12-13-18-19-14-17(27-21(19)15-20(18)24)10-7-8-11-22(25)26-4-2/h10,12-13,16,18-21,23-24H,3-9,11,14-15H2,1-2H3/b13-12+,17-10-/t16-,18+,19+,20+,21-/m0/s1. The topological polar surface area (TPSA) is 76.0 Å². The van der Waals surface area contributed by atoms with E-state index in [1.807, 2.05) is 19.1 Å². The van der Waals surface area contributed by atoms with Crippen LogP contribution >= 0.6 is 0 Å². The van der Waals surface area contributed by atoms with E-state index in [4.69, 9.17) is 9.47 Å². The Balaban J connectivity index is 1.78. The van der Waals surface area contributed by atoms with Gasteiger partial charge in [0.05, 0.1) is 24.6 Å². The number of esters is 1. The third kappa shape index (κ3) is 6.96. The number of aliphatic hydroxyl groups is 2. The lowest BCUT2D eigenvalue weighted by molar-refractivity contribution is -0.143. The maximum absolute atomic E-state index is 11.4. The predicted molar refractivity (Wildman–Crippen MR) is 105 cm³/mol. The first kappa shape index (κ1) is 22.0. The maximum atomic E-state index is 11.4. The minimum Gasteiger partial charge on any atom is -0.495 e. The van der Waals surface area contributed by atoms with E-state index in [-0.39, 0.29) is 23.9 Å². The van der Waals surface area contributed by atoms with Gasteiger partial charge in [-0.2, -0.15) is 0 Å². The van der Waals surface area contributed by atoms with Crippen LogP contribution in [0.3, 0.4) is 0 Å². The fraction of sp³-hybridized carbons (Fsp3) is 0.773. The second-order valence-corrected chi connectivity index (χ2v) is 7.72. The molecule has 1 aliphatic carbocycles. The highest BCUT2D eigenvalue weighted by molar-refractivity contribution is 5.69. The average Bonchev–Trinajstić information content (AvgIpc) is 3.14. The van der Waals surface area contributed by atoms with Gasteiger partial charge in [-0.1, -0.05) is 38.3 Å². The van der Waals surface area contributed by atoms with Gasteiger partial charge in [0, 0.05) is 31.1 Å². The van der Waals surface area contributed by atoms with E-state index >= 15 is 0 Å². The van der Waals surface area contributed by atoms with Gasteiger partial charge in [-0.15, -0.1) is 0 Å². The summed E-state index contributed by atoms with van der Waals surface area (Å²) in [7, 11) is 0. The monoisotopic (exact) mass is 380 g/mol. The summed E-state index contributed by atoms with van der Waals surface area (Å²) < 4.78 is 10.9. The summed E-state index contributed by atoms with van der Waals surface area (Å²) in [6.45, 7) is 4.39.